The molecule has 0 spiro atoms. The summed E-state index contributed by atoms with van der Waals surface area (Å²) in [6, 6.07) is 11.5. The van der Waals surface area contributed by atoms with Gasteiger partial charge in [0.05, 0.1) is 19.3 Å². The summed E-state index contributed by atoms with van der Waals surface area (Å²) in [5, 5.41) is 27.8. The van der Waals surface area contributed by atoms with Crippen LogP contribution in [0.4, 0.5) is 0 Å². The number of aromatic nitrogens is 2. The number of benzene rings is 2. The van der Waals surface area contributed by atoms with Crippen molar-refractivity contribution in [2.24, 2.45) is 0 Å². The van der Waals surface area contributed by atoms with E-state index in [1.54, 1.807) is 41.3 Å². The Hall–Kier alpha value is -3.52. The fourth-order valence-corrected chi connectivity index (χ4v) is 4.48. The number of H-pyrrole nitrogens is 1. The Morgan fingerprint density at radius 3 is 2.81 bits per heavy atom. The van der Waals surface area contributed by atoms with Crippen LogP contribution >= 0.6 is 0 Å². The molecule has 31 heavy (non-hydrogen) atoms. The van der Waals surface area contributed by atoms with Gasteiger partial charge in [0.1, 0.15) is 17.1 Å². The molecule has 0 bridgehead atoms. The second-order valence-electron chi connectivity index (χ2n) is 7.80. The molecule has 1 aromatic heterocycles. The molecule has 2 aliphatic rings. The Labute approximate surface area is 179 Å². The van der Waals surface area contributed by atoms with Crippen molar-refractivity contribution in [3.63, 3.8) is 0 Å². The van der Waals surface area contributed by atoms with Crippen LogP contribution in [0.5, 0.6) is 17.2 Å². The third-order valence-electron chi connectivity index (χ3n) is 5.97. The molecule has 2 aromatic carbocycles. The molecule has 0 radical (unpaired) electrons. The van der Waals surface area contributed by atoms with E-state index in [1.807, 2.05) is 6.07 Å². The molecule has 2 atom stereocenters. The van der Waals surface area contributed by atoms with Gasteiger partial charge in [-0.25, -0.2) is 0 Å². The van der Waals surface area contributed by atoms with E-state index in [4.69, 9.17) is 9.47 Å². The monoisotopic (exact) mass is 421 g/mol. The van der Waals surface area contributed by atoms with E-state index in [9.17, 15) is 15.0 Å². The van der Waals surface area contributed by atoms with E-state index in [-0.39, 0.29) is 23.5 Å². The van der Waals surface area contributed by atoms with Gasteiger partial charge in [-0.05, 0) is 42.7 Å². The zero-order valence-electron chi connectivity index (χ0n) is 17.0. The minimum absolute atomic E-state index is 0.0228. The van der Waals surface area contributed by atoms with E-state index in [0.29, 0.717) is 41.4 Å². The van der Waals surface area contributed by atoms with Crippen molar-refractivity contribution >= 4 is 5.91 Å². The van der Waals surface area contributed by atoms with E-state index < -0.39 is 6.04 Å². The van der Waals surface area contributed by atoms with Crippen molar-refractivity contribution in [2.45, 2.75) is 25.0 Å². The third kappa shape index (κ3) is 3.19. The highest BCUT2D eigenvalue weighted by atomic mass is 16.5. The molecule has 1 fully saturated rings. The highest BCUT2D eigenvalue weighted by Crippen LogP contribution is 2.46. The number of fused-ring (bicyclic) bond motifs is 1. The molecule has 3 N–H and O–H groups in total. The lowest BCUT2D eigenvalue weighted by Gasteiger charge is -2.28. The predicted octanol–water partition coefficient (Wildman–Crippen LogP) is 3.22. The van der Waals surface area contributed by atoms with E-state index in [2.05, 4.69) is 10.2 Å². The Morgan fingerprint density at radius 1 is 1.23 bits per heavy atom. The Kier molecular flexibility index (Phi) is 4.78. The molecule has 0 aliphatic carbocycles. The third-order valence-corrected chi connectivity index (χ3v) is 5.97. The minimum atomic E-state index is -0.463. The largest absolute Gasteiger partial charge is 0.507 e. The van der Waals surface area contributed by atoms with Crippen LogP contribution in [0.25, 0.3) is 11.3 Å². The second-order valence-corrected chi connectivity index (χ2v) is 7.80. The predicted molar refractivity (Wildman–Crippen MR) is 112 cm³/mol. The van der Waals surface area contributed by atoms with Gasteiger partial charge in [0.25, 0.3) is 5.91 Å². The first-order chi connectivity index (χ1) is 15.1. The number of phenols is 2. The first-order valence-electron chi connectivity index (χ1n) is 10.2. The molecule has 3 aromatic rings. The average Bonchev–Trinajstić information content (AvgIpc) is 3.49. The van der Waals surface area contributed by atoms with Crippen molar-refractivity contribution in [3.05, 3.63) is 59.3 Å². The lowest BCUT2D eigenvalue weighted by atomic mass is 9.95. The molecule has 5 rings (SSSR count). The Bertz CT molecular complexity index is 1140. The van der Waals surface area contributed by atoms with Crippen LogP contribution in [0.2, 0.25) is 0 Å². The number of carbonyl (C=O) groups excluding carboxylic acids is 1. The minimum Gasteiger partial charge on any atom is -0.507 e. The lowest BCUT2D eigenvalue weighted by Crippen LogP contribution is -2.36. The smallest absolute Gasteiger partial charge is 0.273 e. The summed E-state index contributed by atoms with van der Waals surface area (Å²) in [4.78, 5) is 15.1. The van der Waals surface area contributed by atoms with Gasteiger partial charge in [0.15, 0.2) is 11.5 Å². The number of ether oxygens (including phenoxy) is 2. The summed E-state index contributed by atoms with van der Waals surface area (Å²) in [6.45, 7) is 1.13. The maximum absolute atomic E-state index is 13.4. The number of phenolic OH excluding ortho intramolecular Hbond substituents is 2. The molecule has 8 heteroatoms. The van der Waals surface area contributed by atoms with Crippen LogP contribution in [0.1, 0.15) is 40.5 Å². The van der Waals surface area contributed by atoms with Crippen LogP contribution in [0.3, 0.4) is 0 Å². The molecule has 1 saturated heterocycles. The number of para-hydroxylation sites is 1. The molecular formula is C23H23N3O5. The molecule has 3 heterocycles. The van der Waals surface area contributed by atoms with Gasteiger partial charge in [0, 0.05) is 24.3 Å². The number of hydrogen-bond donors (Lipinski definition) is 3. The molecule has 0 saturated carbocycles. The fraction of sp³-hybridized carbons (Fsp3) is 0.304. The summed E-state index contributed by atoms with van der Waals surface area (Å²) in [5.41, 5.74) is 2.93. The molecule has 1 amide bonds. The van der Waals surface area contributed by atoms with Crippen LogP contribution in [-0.2, 0) is 4.74 Å². The number of aromatic hydroxyl groups is 2. The number of nitrogens with one attached hydrogen (secondary N) is 1. The topological polar surface area (TPSA) is 108 Å². The summed E-state index contributed by atoms with van der Waals surface area (Å²) in [6.07, 6.45) is 1.84. The standard InChI is InChI=1S/C23H23N3O5/c1-30-18-11-13(8-9-17(18)28)22-19-20(15-6-2-3-7-16(15)27)24-25-21(19)23(29)26(22)12-14-5-4-10-31-14/h2-3,6-9,11,14,22,27-28H,4-5,10,12H2,1H3,(H,24,25)/t14-,22-/m1/s1. The van der Waals surface area contributed by atoms with Gasteiger partial charge in [-0.2, -0.15) is 5.10 Å². The summed E-state index contributed by atoms with van der Waals surface area (Å²) in [5.74, 6) is 0.262. The van der Waals surface area contributed by atoms with Gasteiger partial charge in [0.2, 0.25) is 0 Å². The van der Waals surface area contributed by atoms with Gasteiger partial charge in [-0.1, -0.05) is 18.2 Å². The molecule has 0 unspecified atom stereocenters. The van der Waals surface area contributed by atoms with Gasteiger partial charge < -0.3 is 24.6 Å². The number of methoxy groups -OCH3 is 1. The van der Waals surface area contributed by atoms with Gasteiger partial charge in [-0.3, -0.25) is 9.89 Å². The maximum Gasteiger partial charge on any atom is 0.273 e. The fourth-order valence-electron chi connectivity index (χ4n) is 4.48. The van der Waals surface area contributed by atoms with Crippen molar-refractivity contribution in [1.82, 2.24) is 15.1 Å². The van der Waals surface area contributed by atoms with Crippen LogP contribution in [0.15, 0.2) is 42.5 Å². The van der Waals surface area contributed by atoms with Crippen molar-refractivity contribution < 1.29 is 24.5 Å². The van der Waals surface area contributed by atoms with Crippen molar-refractivity contribution in [1.29, 1.82) is 0 Å². The molecule has 2 aliphatic heterocycles. The van der Waals surface area contributed by atoms with Crippen LogP contribution in [0, 0.1) is 0 Å². The molecule has 8 nitrogen and oxygen atoms in total. The molecular weight excluding hydrogens is 398 g/mol. The average molecular weight is 421 g/mol. The quantitative estimate of drug-likeness (QED) is 0.584. The van der Waals surface area contributed by atoms with Crippen molar-refractivity contribution in [2.75, 3.05) is 20.3 Å². The van der Waals surface area contributed by atoms with E-state index in [0.717, 1.165) is 18.4 Å². The first-order valence-corrected chi connectivity index (χ1v) is 10.2. The number of aromatic amines is 1. The van der Waals surface area contributed by atoms with E-state index >= 15 is 0 Å². The number of rotatable bonds is 5. The van der Waals surface area contributed by atoms with Crippen molar-refractivity contribution in [3.8, 4) is 28.5 Å². The highest BCUT2D eigenvalue weighted by Gasteiger charge is 2.43. The summed E-state index contributed by atoms with van der Waals surface area (Å²) < 4.78 is 11.1. The summed E-state index contributed by atoms with van der Waals surface area (Å²) >= 11 is 0. The molecule has 160 valence electrons. The number of carbonyl (C=O) groups is 1. The lowest BCUT2D eigenvalue weighted by molar-refractivity contribution is 0.0495. The maximum atomic E-state index is 13.4. The van der Waals surface area contributed by atoms with Gasteiger partial charge >= 0.3 is 0 Å². The number of nitrogens with zero attached hydrogens (tertiary/aromatic N) is 2. The number of amides is 1. The SMILES string of the molecule is COc1cc([C@@H]2c3c(-c4ccccc4O)n[nH]c3C(=O)N2C[C@H]2CCCO2)ccc1O. The Morgan fingerprint density at radius 2 is 2.06 bits per heavy atom. The second kappa shape index (κ2) is 7.63. The van der Waals surface area contributed by atoms with Crippen LogP contribution in [-0.4, -0.2) is 57.6 Å². The van der Waals surface area contributed by atoms with E-state index in [1.165, 1.54) is 7.11 Å². The van der Waals surface area contributed by atoms with Gasteiger partial charge in [-0.15, -0.1) is 0 Å². The summed E-state index contributed by atoms with van der Waals surface area (Å²) in [7, 11) is 1.49. The Balaban J connectivity index is 1.66. The zero-order valence-corrected chi connectivity index (χ0v) is 17.0. The van der Waals surface area contributed by atoms with Crippen LogP contribution < -0.4 is 4.74 Å². The number of hydrogen-bond acceptors (Lipinski definition) is 6. The normalized spacial score (nSPS) is 20.3. The highest BCUT2D eigenvalue weighted by molar-refractivity contribution is 6.00. The zero-order chi connectivity index (χ0) is 21.5. The first kappa shape index (κ1) is 19.4.